The van der Waals surface area contributed by atoms with Crippen molar-refractivity contribution in [3.63, 3.8) is 0 Å². The Bertz CT molecular complexity index is 1060. The standard InChI is InChI=1S/C28H33N3O2/c1-20(29)26-12-13-27(33-26)28(32)31-18-24(22-10-6-3-7-11-22)16-25(31)19-30-15-14-23(17-30)21-8-4-2-5-9-21/h2-13,20,23-25H,14-19,29H2,1H3/t20-,23+,24+,25+/m1/s1. The van der Waals surface area contributed by atoms with Gasteiger partial charge in [-0.3, -0.25) is 4.79 Å². The number of nitrogens with zero attached hydrogens (tertiary/aromatic N) is 2. The number of rotatable bonds is 6. The van der Waals surface area contributed by atoms with E-state index in [0.29, 0.717) is 23.4 Å². The van der Waals surface area contributed by atoms with Crippen LogP contribution in [0.3, 0.4) is 0 Å². The Balaban J connectivity index is 1.33. The molecule has 1 aromatic heterocycles. The Morgan fingerprint density at radius 1 is 0.970 bits per heavy atom. The number of furan rings is 1. The second-order valence-corrected chi connectivity index (χ2v) is 9.60. The van der Waals surface area contributed by atoms with E-state index in [0.717, 1.165) is 32.6 Å². The van der Waals surface area contributed by atoms with Crippen LogP contribution in [0.25, 0.3) is 0 Å². The van der Waals surface area contributed by atoms with Crippen molar-refractivity contribution in [2.24, 2.45) is 5.73 Å². The van der Waals surface area contributed by atoms with Crippen molar-refractivity contribution >= 4 is 5.91 Å². The first-order chi connectivity index (χ1) is 16.1. The second kappa shape index (κ2) is 9.54. The van der Waals surface area contributed by atoms with Crippen molar-refractivity contribution < 1.29 is 9.21 Å². The Labute approximate surface area is 196 Å². The molecule has 3 aromatic rings. The number of carbonyl (C=O) groups is 1. The molecule has 0 saturated carbocycles. The minimum absolute atomic E-state index is 0.0239. The molecule has 0 unspecified atom stereocenters. The maximum absolute atomic E-state index is 13.5. The van der Waals surface area contributed by atoms with Crippen LogP contribution in [-0.4, -0.2) is 47.9 Å². The normalized spacial score (nSPS) is 24.3. The lowest BCUT2D eigenvalue weighted by molar-refractivity contribution is 0.0672. The van der Waals surface area contributed by atoms with Gasteiger partial charge in [0.2, 0.25) is 0 Å². The van der Waals surface area contributed by atoms with E-state index in [1.165, 1.54) is 17.5 Å². The molecule has 2 aliphatic heterocycles. The van der Waals surface area contributed by atoms with E-state index in [-0.39, 0.29) is 18.0 Å². The van der Waals surface area contributed by atoms with E-state index in [2.05, 4.69) is 59.5 Å². The van der Waals surface area contributed by atoms with Crippen LogP contribution >= 0.6 is 0 Å². The molecule has 2 fully saturated rings. The third-order valence-electron chi connectivity index (χ3n) is 7.24. The Hall–Kier alpha value is -2.89. The van der Waals surface area contributed by atoms with E-state index >= 15 is 0 Å². The number of likely N-dealkylation sites (tertiary alicyclic amines) is 2. The summed E-state index contributed by atoms with van der Waals surface area (Å²) in [5.41, 5.74) is 8.67. The van der Waals surface area contributed by atoms with Crippen LogP contribution in [-0.2, 0) is 0 Å². The topological polar surface area (TPSA) is 62.7 Å². The van der Waals surface area contributed by atoms with Gasteiger partial charge < -0.3 is 20.0 Å². The molecular weight excluding hydrogens is 410 g/mol. The molecule has 4 atom stereocenters. The molecule has 5 heteroatoms. The average Bonchev–Trinajstić information content (AvgIpc) is 3.60. The van der Waals surface area contributed by atoms with Gasteiger partial charge in [0.1, 0.15) is 5.76 Å². The molecule has 2 aliphatic rings. The van der Waals surface area contributed by atoms with Crippen LogP contribution in [0.4, 0.5) is 0 Å². The first kappa shape index (κ1) is 21.9. The molecule has 0 aliphatic carbocycles. The van der Waals surface area contributed by atoms with E-state index in [9.17, 15) is 4.79 Å². The Morgan fingerprint density at radius 3 is 2.27 bits per heavy atom. The molecule has 0 radical (unpaired) electrons. The van der Waals surface area contributed by atoms with E-state index in [1.807, 2.05) is 24.0 Å². The van der Waals surface area contributed by atoms with Gasteiger partial charge >= 0.3 is 0 Å². The predicted molar refractivity (Wildman–Crippen MR) is 130 cm³/mol. The molecule has 33 heavy (non-hydrogen) atoms. The number of amides is 1. The molecule has 3 heterocycles. The first-order valence-electron chi connectivity index (χ1n) is 12.1. The summed E-state index contributed by atoms with van der Waals surface area (Å²) >= 11 is 0. The minimum Gasteiger partial charge on any atom is -0.454 e. The van der Waals surface area contributed by atoms with Crippen LogP contribution < -0.4 is 5.73 Å². The van der Waals surface area contributed by atoms with Gasteiger partial charge in [0.25, 0.3) is 5.91 Å². The van der Waals surface area contributed by atoms with Crippen LogP contribution in [0.2, 0.25) is 0 Å². The highest BCUT2D eigenvalue weighted by Gasteiger charge is 2.39. The third-order valence-corrected chi connectivity index (χ3v) is 7.24. The summed E-state index contributed by atoms with van der Waals surface area (Å²) in [5.74, 6) is 1.93. The van der Waals surface area contributed by atoms with Gasteiger partial charge in [-0.2, -0.15) is 0 Å². The Kier molecular flexibility index (Phi) is 6.34. The monoisotopic (exact) mass is 443 g/mol. The molecule has 1 amide bonds. The fourth-order valence-corrected chi connectivity index (χ4v) is 5.45. The first-order valence-corrected chi connectivity index (χ1v) is 12.1. The van der Waals surface area contributed by atoms with E-state index in [1.54, 1.807) is 6.07 Å². The van der Waals surface area contributed by atoms with Gasteiger partial charge in [-0.1, -0.05) is 60.7 Å². The number of benzene rings is 2. The molecule has 5 rings (SSSR count). The molecule has 172 valence electrons. The van der Waals surface area contributed by atoms with Gasteiger partial charge in [-0.05, 0) is 55.5 Å². The molecule has 2 aromatic carbocycles. The zero-order chi connectivity index (χ0) is 22.8. The van der Waals surface area contributed by atoms with Gasteiger partial charge in [-0.25, -0.2) is 0 Å². The summed E-state index contributed by atoms with van der Waals surface area (Å²) in [6.45, 7) is 5.61. The SMILES string of the molecule is C[C@@H](N)c1ccc(C(=O)N2C[C@@H](c3ccccc3)C[C@H]2CN2CC[C@H](c3ccccc3)C2)o1. The van der Waals surface area contributed by atoms with Crippen molar-refractivity contribution in [1.29, 1.82) is 0 Å². The highest BCUT2D eigenvalue weighted by Crippen LogP contribution is 2.35. The van der Waals surface area contributed by atoms with E-state index in [4.69, 9.17) is 10.2 Å². The van der Waals surface area contributed by atoms with Crippen molar-refractivity contribution in [3.8, 4) is 0 Å². The summed E-state index contributed by atoms with van der Waals surface area (Å²) < 4.78 is 5.82. The zero-order valence-corrected chi connectivity index (χ0v) is 19.3. The summed E-state index contributed by atoms with van der Waals surface area (Å²) in [6, 6.07) is 24.9. The molecule has 5 nitrogen and oxygen atoms in total. The lowest BCUT2D eigenvalue weighted by Gasteiger charge is -2.28. The smallest absolute Gasteiger partial charge is 0.289 e. The maximum Gasteiger partial charge on any atom is 0.289 e. The average molecular weight is 444 g/mol. The quantitative estimate of drug-likeness (QED) is 0.595. The van der Waals surface area contributed by atoms with Crippen molar-refractivity contribution in [1.82, 2.24) is 9.80 Å². The van der Waals surface area contributed by atoms with Crippen molar-refractivity contribution in [2.45, 2.75) is 43.7 Å². The highest BCUT2D eigenvalue weighted by molar-refractivity contribution is 5.92. The lowest BCUT2D eigenvalue weighted by Crippen LogP contribution is -2.42. The molecular formula is C28H33N3O2. The summed E-state index contributed by atoms with van der Waals surface area (Å²) in [6.07, 6.45) is 2.14. The van der Waals surface area contributed by atoms with Gasteiger partial charge in [-0.15, -0.1) is 0 Å². The fourth-order valence-electron chi connectivity index (χ4n) is 5.45. The van der Waals surface area contributed by atoms with Gasteiger partial charge in [0, 0.05) is 31.6 Å². The van der Waals surface area contributed by atoms with E-state index < -0.39 is 0 Å². The highest BCUT2D eigenvalue weighted by atomic mass is 16.4. The third kappa shape index (κ3) is 4.75. The van der Waals surface area contributed by atoms with Gasteiger partial charge in [0.05, 0.1) is 6.04 Å². The fraction of sp³-hybridized carbons (Fsp3) is 0.393. The van der Waals surface area contributed by atoms with Crippen LogP contribution in [0.5, 0.6) is 0 Å². The summed E-state index contributed by atoms with van der Waals surface area (Å²) in [4.78, 5) is 18.1. The maximum atomic E-state index is 13.5. The minimum atomic E-state index is -0.225. The van der Waals surface area contributed by atoms with Gasteiger partial charge in [0.15, 0.2) is 5.76 Å². The van der Waals surface area contributed by atoms with Crippen molar-refractivity contribution in [3.05, 3.63) is 95.4 Å². The van der Waals surface area contributed by atoms with Crippen molar-refractivity contribution in [2.75, 3.05) is 26.2 Å². The second-order valence-electron chi connectivity index (χ2n) is 9.60. The predicted octanol–water partition coefficient (Wildman–Crippen LogP) is 4.79. The lowest BCUT2D eigenvalue weighted by atomic mass is 9.96. The molecule has 2 N–H and O–H groups in total. The number of nitrogens with two attached hydrogens (primary N) is 1. The zero-order valence-electron chi connectivity index (χ0n) is 19.3. The number of hydrogen-bond donors (Lipinski definition) is 1. The number of carbonyl (C=O) groups excluding carboxylic acids is 1. The Morgan fingerprint density at radius 2 is 1.64 bits per heavy atom. The largest absolute Gasteiger partial charge is 0.454 e. The van der Waals surface area contributed by atoms with Crippen LogP contribution in [0, 0.1) is 0 Å². The summed E-state index contributed by atoms with van der Waals surface area (Å²) in [7, 11) is 0. The molecule has 0 spiro atoms. The molecule has 2 saturated heterocycles. The number of hydrogen-bond acceptors (Lipinski definition) is 4. The summed E-state index contributed by atoms with van der Waals surface area (Å²) in [5, 5.41) is 0. The molecule has 0 bridgehead atoms. The van der Waals surface area contributed by atoms with Crippen LogP contribution in [0.15, 0.2) is 77.2 Å². The van der Waals surface area contributed by atoms with Crippen LogP contribution in [0.1, 0.15) is 65.1 Å².